The van der Waals surface area contributed by atoms with Crippen LogP contribution in [0.25, 0.3) is 0 Å². The fourth-order valence-corrected chi connectivity index (χ4v) is 1.52. The molecule has 0 unspecified atom stereocenters. The second-order valence-electron chi connectivity index (χ2n) is 2.21. The lowest BCUT2D eigenvalue weighted by Crippen LogP contribution is -2.19. The summed E-state index contributed by atoms with van der Waals surface area (Å²) < 4.78 is 0. The van der Waals surface area contributed by atoms with E-state index in [0.29, 0.717) is 0 Å². The van der Waals surface area contributed by atoms with Crippen molar-refractivity contribution >= 4 is 9.68 Å². The average Bonchev–Trinajstić information content (AvgIpc) is 1.80. The van der Waals surface area contributed by atoms with Crippen molar-refractivity contribution in [2.75, 3.05) is 6.54 Å². The van der Waals surface area contributed by atoms with Crippen LogP contribution in [-0.2, 0) is 0 Å². The van der Waals surface area contributed by atoms with Gasteiger partial charge < -0.3 is 4.98 Å². The van der Waals surface area contributed by atoms with E-state index in [2.05, 4.69) is 18.1 Å². The van der Waals surface area contributed by atoms with Gasteiger partial charge in [0.1, 0.15) is 0 Å². The molecule has 0 heterocycles. The first-order valence-corrected chi connectivity index (χ1v) is 4.94. The molecule has 9 heavy (non-hydrogen) atoms. The number of rotatable bonds is 5. The Kier molecular flexibility index (Phi) is 5.57. The molecule has 0 amide bonds. The lowest BCUT2D eigenvalue weighted by Gasteiger charge is -1.98. The summed E-state index contributed by atoms with van der Waals surface area (Å²) >= 11 is 0. The largest absolute Gasteiger partial charge is 0.338 e. The summed E-state index contributed by atoms with van der Waals surface area (Å²) in [7, 11) is -0.0604. The Balaban J connectivity index is 2.91. The molecule has 0 aliphatic heterocycles. The number of hydrogen-bond donors (Lipinski definition) is 1. The second kappa shape index (κ2) is 5.79. The first-order valence-electron chi connectivity index (χ1n) is 3.23. The van der Waals surface area contributed by atoms with Gasteiger partial charge in [-0.2, -0.15) is 0 Å². The van der Waals surface area contributed by atoms with E-state index in [1.54, 1.807) is 0 Å². The minimum absolute atomic E-state index is 0.0604. The van der Waals surface area contributed by atoms with Gasteiger partial charge in [0.25, 0.3) is 0 Å². The number of hydrogen-bond acceptors (Lipinski definition) is 1. The van der Waals surface area contributed by atoms with Crippen molar-refractivity contribution in [2.45, 2.75) is 13.0 Å². The Morgan fingerprint density at radius 1 is 1.78 bits per heavy atom. The average molecular weight is 141 g/mol. The third kappa shape index (κ3) is 7.66. The second-order valence-corrected chi connectivity index (χ2v) is 3.79. The molecule has 0 aromatic heterocycles. The van der Waals surface area contributed by atoms with Gasteiger partial charge in [0.15, 0.2) is 0 Å². The maximum absolute atomic E-state index is 3.79. The highest BCUT2D eigenvalue weighted by Crippen LogP contribution is 1.81. The Bertz CT molecular complexity index is 99.1. The molecular weight excluding hydrogens is 126 g/mol. The quantitative estimate of drug-likeness (QED) is 0.340. The Labute approximate surface area is 59.8 Å². The van der Waals surface area contributed by atoms with E-state index < -0.39 is 0 Å². The van der Waals surface area contributed by atoms with Crippen molar-refractivity contribution in [3.8, 4) is 0 Å². The van der Waals surface area contributed by atoms with E-state index in [9.17, 15) is 0 Å². The Morgan fingerprint density at radius 2 is 2.44 bits per heavy atom. The SMILES string of the molecule is C=CC[SiH2]NCC(=C)C. The summed E-state index contributed by atoms with van der Waals surface area (Å²) in [6.07, 6.45) is 1.97. The lowest BCUT2D eigenvalue weighted by atomic mass is 10.4. The summed E-state index contributed by atoms with van der Waals surface area (Å²) in [5, 5.41) is 0. The molecule has 0 saturated heterocycles. The van der Waals surface area contributed by atoms with Crippen molar-refractivity contribution in [1.82, 2.24) is 4.98 Å². The summed E-state index contributed by atoms with van der Waals surface area (Å²) in [4.78, 5) is 3.35. The number of nitrogens with one attached hydrogen (secondary N) is 1. The topological polar surface area (TPSA) is 12.0 Å². The lowest BCUT2D eigenvalue weighted by molar-refractivity contribution is 1.02. The molecule has 0 aromatic rings. The van der Waals surface area contributed by atoms with E-state index in [-0.39, 0.29) is 9.68 Å². The monoisotopic (exact) mass is 141 g/mol. The number of allylic oxidation sites excluding steroid dienone is 1. The third-order valence-electron chi connectivity index (χ3n) is 0.952. The fourth-order valence-electron chi connectivity index (χ4n) is 0.506. The zero-order chi connectivity index (χ0) is 7.11. The molecule has 0 aromatic carbocycles. The van der Waals surface area contributed by atoms with E-state index in [4.69, 9.17) is 0 Å². The summed E-state index contributed by atoms with van der Waals surface area (Å²) in [5.74, 6) is 0. The van der Waals surface area contributed by atoms with Crippen molar-refractivity contribution < 1.29 is 0 Å². The van der Waals surface area contributed by atoms with Crippen LogP contribution in [0.5, 0.6) is 0 Å². The first kappa shape index (κ1) is 8.66. The zero-order valence-electron chi connectivity index (χ0n) is 6.11. The third-order valence-corrected chi connectivity index (χ3v) is 2.25. The molecule has 0 fully saturated rings. The van der Waals surface area contributed by atoms with Crippen molar-refractivity contribution in [3.63, 3.8) is 0 Å². The smallest absolute Gasteiger partial charge is 0.0957 e. The zero-order valence-corrected chi connectivity index (χ0v) is 7.53. The first-order chi connectivity index (χ1) is 4.27. The van der Waals surface area contributed by atoms with Gasteiger partial charge in [0, 0.05) is 6.54 Å². The Morgan fingerprint density at radius 3 is 2.89 bits per heavy atom. The van der Waals surface area contributed by atoms with Crippen LogP contribution in [0.15, 0.2) is 24.8 Å². The van der Waals surface area contributed by atoms with Gasteiger partial charge >= 0.3 is 0 Å². The van der Waals surface area contributed by atoms with Gasteiger partial charge in [-0.05, 0) is 13.0 Å². The molecule has 0 radical (unpaired) electrons. The molecule has 0 bridgehead atoms. The Hall–Kier alpha value is -0.343. The van der Waals surface area contributed by atoms with Crippen LogP contribution in [0.3, 0.4) is 0 Å². The molecule has 1 N–H and O–H groups in total. The highest BCUT2D eigenvalue weighted by Gasteiger charge is 1.83. The van der Waals surface area contributed by atoms with Gasteiger partial charge in [0.2, 0.25) is 0 Å². The molecule has 0 rings (SSSR count). The van der Waals surface area contributed by atoms with E-state index in [1.807, 2.05) is 13.0 Å². The molecule has 2 heteroatoms. The van der Waals surface area contributed by atoms with Crippen LogP contribution < -0.4 is 4.98 Å². The van der Waals surface area contributed by atoms with E-state index in [1.165, 1.54) is 11.6 Å². The maximum atomic E-state index is 3.79. The van der Waals surface area contributed by atoms with Crippen LogP contribution in [0.1, 0.15) is 6.92 Å². The maximum Gasteiger partial charge on any atom is 0.0957 e. The van der Waals surface area contributed by atoms with Gasteiger partial charge in [-0.3, -0.25) is 0 Å². The van der Waals surface area contributed by atoms with Crippen LogP contribution in [0.2, 0.25) is 6.04 Å². The summed E-state index contributed by atoms with van der Waals surface area (Å²) in [5.41, 5.74) is 1.21. The standard InChI is InChI=1S/C7H15NSi/c1-4-5-9-8-6-7(2)3/h4,8H,1-2,5-6,9H2,3H3. The molecule has 0 aliphatic rings. The fraction of sp³-hybridized carbons (Fsp3) is 0.429. The van der Waals surface area contributed by atoms with Crippen LogP contribution in [0.4, 0.5) is 0 Å². The predicted octanol–water partition coefficient (Wildman–Crippen LogP) is 0.840. The predicted molar refractivity (Wildman–Crippen MR) is 46.4 cm³/mol. The van der Waals surface area contributed by atoms with Crippen molar-refractivity contribution in [2.24, 2.45) is 0 Å². The molecule has 0 aliphatic carbocycles. The highest BCUT2D eigenvalue weighted by molar-refractivity contribution is 6.32. The van der Waals surface area contributed by atoms with Gasteiger partial charge in [-0.1, -0.05) is 18.2 Å². The molecule has 0 atom stereocenters. The molecule has 0 spiro atoms. The van der Waals surface area contributed by atoms with Crippen LogP contribution >= 0.6 is 0 Å². The van der Waals surface area contributed by atoms with Crippen molar-refractivity contribution in [1.29, 1.82) is 0 Å². The summed E-state index contributed by atoms with van der Waals surface area (Å²) in [6, 6.07) is 1.17. The van der Waals surface area contributed by atoms with Crippen LogP contribution in [-0.4, -0.2) is 16.2 Å². The minimum Gasteiger partial charge on any atom is -0.338 e. The van der Waals surface area contributed by atoms with Gasteiger partial charge in [-0.25, -0.2) is 0 Å². The van der Waals surface area contributed by atoms with E-state index in [0.717, 1.165) is 6.54 Å². The molecule has 1 nitrogen and oxygen atoms in total. The van der Waals surface area contributed by atoms with Crippen molar-refractivity contribution in [3.05, 3.63) is 24.8 Å². The normalized spacial score (nSPS) is 10.3. The van der Waals surface area contributed by atoms with Gasteiger partial charge in [-0.15, -0.1) is 6.58 Å². The summed E-state index contributed by atoms with van der Waals surface area (Å²) in [6.45, 7) is 10.5. The molecule has 52 valence electrons. The van der Waals surface area contributed by atoms with Gasteiger partial charge in [0.05, 0.1) is 9.68 Å². The molecular formula is C7H15NSi. The highest BCUT2D eigenvalue weighted by atomic mass is 28.2. The minimum atomic E-state index is -0.0604. The van der Waals surface area contributed by atoms with E-state index >= 15 is 0 Å². The molecule has 0 saturated carbocycles. The van der Waals surface area contributed by atoms with Crippen LogP contribution in [0, 0.1) is 0 Å².